The molecule has 0 amide bonds. The van der Waals surface area contributed by atoms with Crippen LogP contribution in [-0.2, 0) is 0 Å². The normalized spacial score (nSPS) is 11.5. The second kappa shape index (κ2) is 6.98. The molecule has 0 aromatic rings. The van der Waals surface area contributed by atoms with Gasteiger partial charge < -0.3 is 0 Å². The Kier molecular flexibility index (Phi) is 7.17. The van der Waals surface area contributed by atoms with Gasteiger partial charge in [-0.15, -0.1) is 0 Å². The number of rotatable bonds is 6. The van der Waals surface area contributed by atoms with Crippen molar-refractivity contribution >= 4 is 15.9 Å². The summed E-state index contributed by atoms with van der Waals surface area (Å²) in [6, 6.07) is 0. The Morgan fingerprint density at radius 1 is 1.36 bits per heavy atom. The van der Waals surface area contributed by atoms with Crippen molar-refractivity contribution in [3.63, 3.8) is 0 Å². The van der Waals surface area contributed by atoms with Crippen LogP contribution >= 0.6 is 15.9 Å². The minimum Gasteiger partial charge on any atom is -0.297 e. The van der Waals surface area contributed by atoms with E-state index in [0.29, 0.717) is 6.54 Å². The third-order valence-electron chi connectivity index (χ3n) is 1.34. The molecule has 68 valence electrons. The Bertz CT molecular complexity index is 84.5. The van der Waals surface area contributed by atoms with Gasteiger partial charge in [0.15, 0.2) is 0 Å². The molecule has 0 spiro atoms. The van der Waals surface area contributed by atoms with Gasteiger partial charge in [-0.25, -0.2) is 8.78 Å². The van der Waals surface area contributed by atoms with Crippen LogP contribution in [0, 0.1) is 0 Å². The molecule has 1 nitrogen and oxygen atoms in total. The van der Waals surface area contributed by atoms with Crippen molar-refractivity contribution in [1.29, 1.82) is 0 Å². The fraction of sp³-hybridized carbons (Fsp3) is 1.00. The van der Waals surface area contributed by atoms with Gasteiger partial charge in [0.2, 0.25) is 0 Å². The number of alkyl halides is 3. The summed E-state index contributed by atoms with van der Waals surface area (Å²) < 4.78 is 23.7. The van der Waals surface area contributed by atoms with E-state index in [2.05, 4.69) is 15.9 Å². The fourth-order valence-electron chi connectivity index (χ4n) is 0.925. The topological polar surface area (TPSA) is 3.24 Å². The molecule has 0 fully saturated rings. The quantitative estimate of drug-likeness (QED) is 0.633. The second-order valence-electron chi connectivity index (χ2n) is 2.38. The summed E-state index contributed by atoms with van der Waals surface area (Å²) in [5.41, 5.74) is 0. The van der Waals surface area contributed by atoms with Crippen LogP contribution in [0.5, 0.6) is 0 Å². The SMILES string of the molecule is CCCN(CCBr)CC(F)F. The van der Waals surface area contributed by atoms with Gasteiger partial charge in [0.25, 0.3) is 6.43 Å². The molecule has 0 bridgehead atoms. The molecular weight excluding hydrogens is 216 g/mol. The highest BCUT2D eigenvalue weighted by molar-refractivity contribution is 9.09. The largest absolute Gasteiger partial charge is 0.297 e. The van der Waals surface area contributed by atoms with Crippen molar-refractivity contribution in [2.24, 2.45) is 0 Å². The van der Waals surface area contributed by atoms with E-state index in [-0.39, 0.29) is 6.54 Å². The minimum absolute atomic E-state index is 0.0978. The molecule has 0 aromatic heterocycles. The van der Waals surface area contributed by atoms with Crippen LogP contribution in [0.15, 0.2) is 0 Å². The molecule has 0 N–H and O–H groups in total. The third-order valence-corrected chi connectivity index (χ3v) is 1.69. The lowest BCUT2D eigenvalue weighted by atomic mass is 10.4. The minimum atomic E-state index is -2.21. The van der Waals surface area contributed by atoms with Crippen LogP contribution in [0.2, 0.25) is 0 Å². The second-order valence-corrected chi connectivity index (χ2v) is 3.17. The van der Waals surface area contributed by atoms with Crippen LogP contribution in [0.3, 0.4) is 0 Å². The number of hydrogen-bond acceptors (Lipinski definition) is 1. The lowest BCUT2D eigenvalue weighted by Gasteiger charge is -2.19. The van der Waals surface area contributed by atoms with Gasteiger partial charge in [0, 0.05) is 11.9 Å². The maximum atomic E-state index is 11.9. The highest BCUT2D eigenvalue weighted by atomic mass is 79.9. The van der Waals surface area contributed by atoms with Crippen molar-refractivity contribution in [2.75, 3.05) is 25.0 Å². The summed E-state index contributed by atoms with van der Waals surface area (Å²) in [5, 5.41) is 0.764. The fourth-order valence-corrected chi connectivity index (χ4v) is 1.43. The number of hydrogen-bond donors (Lipinski definition) is 0. The number of halogens is 3. The van der Waals surface area contributed by atoms with Gasteiger partial charge in [0.05, 0.1) is 6.54 Å². The van der Waals surface area contributed by atoms with Crippen molar-refractivity contribution in [3.8, 4) is 0 Å². The van der Waals surface area contributed by atoms with Gasteiger partial charge in [-0.1, -0.05) is 22.9 Å². The average molecular weight is 230 g/mol. The molecular formula is C7H14BrF2N. The zero-order valence-corrected chi connectivity index (χ0v) is 8.28. The first kappa shape index (κ1) is 11.3. The maximum Gasteiger partial charge on any atom is 0.251 e. The van der Waals surface area contributed by atoms with Gasteiger partial charge >= 0.3 is 0 Å². The van der Waals surface area contributed by atoms with Gasteiger partial charge in [-0.05, 0) is 13.0 Å². The summed E-state index contributed by atoms with van der Waals surface area (Å²) in [7, 11) is 0. The molecule has 0 unspecified atom stereocenters. The van der Waals surface area contributed by atoms with Gasteiger partial charge in [0.1, 0.15) is 0 Å². The molecule has 0 radical (unpaired) electrons. The Morgan fingerprint density at radius 3 is 2.36 bits per heavy atom. The van der Waals surface area contributed by atoms with Crippen molar-refractivity contribution in [2.45, 2.75) is 19.8 Å². The van der Waals surface area contributed by atoms with E-state index in [1.807, 2.05) is 6.92 Å². The summed E-state index contributed by atoms with van der Waals surface area (Å²) in [6.07, 6.45) is -1.28. The van der Waals surface area contributed by atoms with Gasteiger partial charge in [-0.2, -0.15) is 0 Å². The van der Waals surface area contributed by atoms with Crippen LogP contribution < -0.4 is 0 Å². The number of nitrogens with zero attached hydrogens (tertiary/aromatic N) is 1. The summed E-state index contributed by atoms with van der Waals surface area (Å²) in [5.74, 6) is 0. The molecule has 0 aliphatic heterocycles. The average Bonchev–Trinajstić information content (AvgIpc) is 1.87. The first-order valence-electron chi connectivity index (χ1n) is 3.77. The molecule has 0 saturated heterocycles. The molecule has 0 heterocycles. The van der Waals surface area contributed by atoms with E-state index >= 15 is 0 Å². The molecule has 0 aliphatic rings. The van der Waals surface area contributed by atoms with Crippen molar-refractivity contribution < 1.29 is 8.78 Å². The van der Waals surface area contributed by atoms with Crippen molar-refractivity contribution in [1.82, 2.24) is 4.90 Å². The standard InChI is InChI=1S/C7H14BrF2N/c1-2-4-11(5-3-8)6-7(9)10/h7H,2-6H2,1H3. The Morgan fingerprint density at radius 2 is 2.00 bits per heavy atom. The van der Waals surface area contributed by atoms with E-state index in [1.54, 1.807) is 4.90 Å². The van der Waals surface area contributed by atoms with Crippen LogP contribution in [0.25, 0.3) is 0 Å². The zero-order valence-electron chi connectivity index (χ0n) is 6.69. The molecule has 0 atom stereocenters. The first-order chi connectivity index (χ1) is 5.20. The van der Waals surface area contributed by atoms with Gasteiger partial charge in [-0.3, -0.25) is 4.90 Å². The van der Waals surface area contributed by atoms with E-state index in [0.717, 1.165) is 18.3 Å². The third kappa shape index (κ3) is 6.69. The lowest BCUT2D eigenvalue weighted by molar-refractivity contribution is 0.0915. The Hall–Kier alpha value is 0.300. The Labute approximate surface area is 74.9 Å². The van der Waals surface area contributed by atoms with E-state index in [1.165, 1.54) is 0 Å². The molecule has 0 saturated carbocycles. The summed E-state index contributed by atoms with van der Waals surface area (Å²) >= 11 is 3.22. The Balaban J connectivity index is 3.50. The predicted molar refractivity (Wildman–Crippen MR) is 46.5 cm³/mol. The van der Waals surface area contributed by atoms with E-state index < -0.39 is 6.43 Å². The smallest absolute Gasteiger partial charge is 0.251 e. The highest BCUT2D eigenvalue weighted by Crippen LogP contribution is 2.00. The van der Waals surface area contributed by atoms with Crippen LogP contribution in [0.4, 0.5) is 8.78 Å². The van der Waals surface area contributed by atoms with Crippen LogP contribution in [0.1, 0.15) is 13.3 Å². The van der Waals surface area contributed by atoms with E-state index in [9.17, 15) is 8.78 Å². The molecule has 0 aliphatic carbocycles. The molecule has 0 rings (SSSR count). The van der Waals surface area contributed by atoms with Crippen molar-refractivity contribution in [3.05, 3.63) is 0 Å². The van der Waals surface area contributed by atoms with Crippen LogP contribution in [-0.4, -0.2) is 36.3 Å². The highest BCUT2D eigenvalue weighted by Gasteiger charge is 2.09. The summed E-state index contributed by atoms with van der Waals surface area (Å²) in [6.45, 7) is 3.36. The zero-order chi connectivity index (χ0) is 8.69. The summed E-state index contributed by atoms with van der Waals surface area (Å²) in [4.78, 5) is 1.76. The molecule has 0 aromatic carbocycles. The predicted octanol–water partition coefficient (Wildman–Crippen LogP) is 2.36. The lowest BCUT2D eigenvalue weighted by Crippen LogP contribution is -2.31. The molecule has 11 heavy (non-hydrogen) atoms. The monoisotopic (exact) mass is 229 g/mol. The first-order valence-corrected chi connectivity index (χ1v) is 4.89. The maximum absolute atomic E-state index is 11.9. The van der Waals surface area contributed by atoms with E-state index in [4.69, 9.17) is 0 Å². The molecule has 4 heteroatoms.